The van der Waals surface area contributed by atoms with Crippen LogP contribution < -0.4 is 5.73 Å². The van der Waals surface area contributed by atoms with Crippen LogP contribution in [0.5, 0.6) is 0 Å². The molecule has 0 aromatic heterocycles. The first kappa shape index (κ1) is 7.60. The normalized spacial score (nSPS) is 30.0. The zero-order valence-electron chi connectivity index (χ0n) is 7.42. The molecule has 2 fully saturated rings. The molecule has 0 amide bonds. The summed E-state index contributed by atoms with van der Waals surface area (Å²) < 4.78 is 0. The van der Waals surface area contributed by atoms with E-state index in [2.05, 4.69) is 6.92 Å². The highest BCUT2D eigenvalue weighted by atomic mass is 14.7. The molecule has 1 nitrogen and oxygen atoms in total. The molecule has 0 saturated heterocycles. The van der Waals surface area contributed by atoms with Crippen molar-refractivity contribution in [3.05, 3.63) is 0 Å². The van der Waals surface area contributed by atoms with Crippen molar-refractivity contribution in [2.75, 3.05) is 0 Å². The maximum absolute atomic E-state index is 6.10. The van der Waals surface area contributed by atoms with E-state index >= 15 is 0 Å². The Morgan fingerprint density at radius 1 is 1.27 bits per heavy atom. The molecule has 0 aromatic rings. The Bertz CT molecular complexity index is 136. The minimum atomic E-state index is 0.509. The van der Waals surface area contributed by atoms with Gasteiger partial charge in [0.2, 0.25) is 0 Å². The van der Waals surface area contributed by atoms with Gasteiger partial charge in [0.1, 0.15) is 0 Å². The summed E-state index contributed by atoms with van der Waals surface area (Å²) in [4.78, 5) is 0. The van der Waals surface area contributed by atoms with Crippen LogP contribution >= 0.6 is 0 Å². The van der Waals surface area contributed by atoms with Crippen molar-refractivity contribution >= 4 is 0 Å². The second kappa shape index (κ2) is 2.78. The van der Waals surface area contributed by atoms with Crippen LogP contribution in [0.2, 0.25) is 0 Å². The molecule has 2 unspecified atom stereocenters. The van der Waals surface area contributed by atoms with Crippen molar-refractivity contribution in [3.63, 3.8) is 0 Å². The van der Waals surface area contributed by atoms with Crippen molar-refractivity contribution in [2.45, 2.75) is 45.1 Å². The Morgan fingerprint density at radius 2 is 1.91 bits per heavy atom. The molecule has 64 valence electrons. The van der Waals surface area contributed by atoms with Crippen LogP contribution in [0.1, 0.15) is 39.0 Å². The van der Waals surface area contributed by atoms with Gasteiger partial charge in [-0.15, -0.1) is 0 Å². The van der Waals surface area contributed by atoms with Crippen molar-refractivity contribution in [2.24, 2.45) is 23.5 Å². The molecular formula is C10H19N. The Labute approximate surface area is 69.4 Å². The van der Waals surface area contributed by atoms with Gasteiger partial charge in [0, 0.05) is 6.04 Å². The summed E-state index contributed by atoms with van der Waals surface area (Å²) in [5.74, 6) is 2.80. The first-order chi connectivity index (χ1) is 5.27. The number of hydrogen-bond acceptors (Lipinski definition) is 1. The third kappa shape index (κ3) is 1.96. The van der Waals surface area contributed by atoms with Gasteiger partial charge in [-0.1, -0.05) is 19.8 Å². The molecule has 0 heterocycles. The van der Waals surface area contributed by atoms with E-state index in [0.29, 0.717) is 6.04 Å². The SMILES string of the molecule is CC(C(N)CC1CC1)C1CC1. The van der Waals surface area contributed by atoms with Crippen molar-refractivity contribution < 1.29 is 0 Å². The summed E-state index contributed by atoms with van der Waals surface area (Å²) in [6.07, 6.45) is 7.09. The largest absolute Gasteiger partial charge is 0.327 e. The quantitative estimate of drug-likeness (QED) is 0.658. The summed E-state index contributed by atoms with van der Waals surface area (Å²) in [6, 6.07) is 0.509. The van der Waals surface area contributed by atoms with E-state index < -0.39 is 0 Å². The van der Waals surface area contributed by atoms with E-state index in [1.807, 2.05) is 0 Å². The Kier molecular flexibility index (Phi) is 1.92. The predicted molar refractivity (Wildman–Crippen MR) is 47.2 cm³/mol. The first-order valence-electron chi connectivity index (χ1n) is 5.03. The highest BCUT2D eigenvalue weighted by Gasteiger charge is 2.34. The summed E-state index contributed by atoms with van der Waals surface area (Å²) in [7, 11) is 0. The van der Waals surface area contributed by atoms with Gasteiger partial charge in [0.25, 0.3) is 0 Å². The van der Waals surface area contributed by atoms with Gasteiger partial charge in [-0.3, -0.25) is 0 Å². The number of hydrogen-bond donors (Lipinski definition) is 1. The van der Waals surface area contributed by atoms with Gasteiger partial charge in [0.15, 0.2) is 0 Å². The van der Waals surface area contributed by atoms with Crippen molar-refractivity contribution in [3.8, 4) is 0 Å². The van der Waals surface area contributed by atoms with Crippen LogP contribution in [0.3, 0.4) is 0 Å². The highest BCUT2D eigenvalue weighted by molar-refractivity contribution is 4.88. The minimum Gasteiger partial charge on any atom is -0.327 e. The lowest BCUT2D eigenvalue weighted by Gasteiger charge is -2.18. The fraction of sp³-hybridized carbons (Fsp3) is 1.00. The smallest absolute Gasteiger partial charge is 0.00698 e. The second-order valence-corrected chi connectivity index (χ2v) is 4.54. The van der Waals surface area contributed by atoms with Gasteiger partial charge >= 0.3 is 0 Å². The molecule has 2 aliphatic rings. The zero-order valence-corrected chi connectivity index (χ0v) is 7.42. The van der Waals surface area contributed by atoms with Crippen molar-refractivity contribution in [1.82, 2.24) is 0 Å². The monoisotopic (exact) mass is 153 g/mol. The number of rotatable bonds is 4. The van der Waals surface area contributed by atoms with Crippen molar-refractivity contribution in [1.29, 1.82) is 0 Å². The van der Waals surface area contributed by atoms with Gasteiger partial charge in [-0.05, 0) is 37.0 Å². The van der Waals surface area contributed by atoms with E-state index in [1.54, 1.807) is 0 Å². The standard InChI is InChI=1S/C10H19N/c1-7(9-4-5-9)10(11)6-8-2-3-8/h7-10H,2-6,11H2,1H3. The van der Waals surface area contributed by atoms with Gasteiger partial charge < -0.3 is 5.73 Å². The maximum atomic E-state index is 6.10. The molecule has 2 N–H and O–H groups in total. The van der Waals surface area contributed by atoms with Crippen LogP contribution in [0.4, 0.5) is 0 Å². The fourth-order valence-corrected chi connectivity index (χ4v) is 1.92. The van der Waals surface area contributed by atoms with E-state index in [4.69, 9.17) is 5.73 Å². The molecule has 0 aromatic carbocycles. The molecule has 1 heteroatoms. The van der Waals surface area contributed by atoms with Crippen LogP contribution in [-0.2, 0) is 0 Å². The lowest BCUT2D eigenvalue weighted by atomic mass is 9.93. The van der Waals surface area contributed by atoms with Gasteiger partial charge in [0.05, 0.1) is 0 Å². The molecule has 2 atom stereocenters. The Hall–Kier alpha value is -0.0400. The van der Waals surface area contributed by atoms with Crippen LogP contribution in [0.15, 0.2) is 0 Å². The maximum Gasteiger partial charge on any atom is 0.00698 e. The molecule has 11 heavy (non-hydrogen) atoms. The molecule has 0 aliphatic heterocycles. The molecule has 0 radical (unpaired) electrons. The zero-order chi connectivity index (χ0) is 7.84. The Morgan fingerprint density at radius 3 is 2.36 bits per heavy atom. The van der Waals surface area contributed by atoms with E-state index in [9.17, 15) is 0 Å². The van der Waals surface area contributed by atoms with E-state index in [-0.39, 0.29) is 0 Å². The average molecular weight is 153 g/mol. The highest BCUT2D eigenvalue weighted by Crippen LogP contribution is 2.41. The minimum absolute atomic E-state index is 0.509. The molecule has 2 saturated carbocycles. The summed E-state index contributed by atoms with van der Waals surface area (Å²) in [5.41, 5.74) is 6.10. The molecular weight excluding hydrogens is 134 g/mol. The lowest BCUT2D eigenvalue weighted by Crippen LogP contribution is -2.29. The third-order valence-corrected chi connectivity index (χ3v) is 3.34. The summed E-state index contributed by atoms with van der Waals surface area (Å²) in [5, 5.41) is 0. The van der Waals surface area contributed by atoms with Gasteiger partial charge in [-0.2, -0.15) is 0 Å². The van der Waals surface area contributed by atoms with E-state index in [0.717, 1.165) is 17.8 Å². The van der Waals surface area contributed by atoms with Gasteiger partial charge in [-0.25, -0.2) is 0 Å². The average Bonchev–Trinajstić information content (AvgIpc) is 2.81. The summed E-state index contributed by atoms with van der Waals surface area (Å²) in [6.45, 7) is 2.34. The molecule has 0 bridgehead atoms. The van der Waals surface area contributed by atoms with Crippen LogP contribution in [0.25, 0.3) is 0 Å². The second-order valence-electron chi connectivity index (χ2n) is 4.54. The third-order valence-electron chi connectivity index (χ3n) is 3.34. The lowest BCUT2D eigenvalue weighted by molar-refractivity contribution is 0.374. The molecule has 2 rings (SSSR count). The number of nitrogens with two attached hydrogens (primary N) is 1. The molecule has 0 spiro atoms. The summed E-state index contributed by atoms with van der Waals surface area (Å²) >= 11 is 0. The Balaban J connectivity index is 1.72. The molecule has 2 aliphatic carbocycles. The van der Waals surface area contributed by atoms with Crippen LogP contribution in [-0.4, -0.2) is 6.04 Å². The predicted octanol–water partition coefficient (Wildman–Crippen LogP) is 2.16. The van der Waals surface area contributed by atoms with Crippen LogP contribution in [0, 0.1) is 17.8 Å². The fourth-order valence-electron chi connectivity index (χ4n) is 1.92. The topological polar surface area (TPSA) is 26.0 Å². The van der Waals surface area contributed by atoms with E-state index in [1.165, 1.54) is 32.1 Å². The first-order valence-corrected chi connectivity index (χ1v) is 5.03.